The Labute approximate surface area is 163 Å². The Hall–Kier alpha value is -3.00. The summed E-state index contributed by atoms with van der Waals surface area (Å²) in [6, 6.07) is 3.65. The lowest BCUT2D eigenvalue weighted by Gasteiger charge is -2.23. The first-order chi connectivity index (χ1) is 13.2. The van der Waals surface area contributed by atoms with Crippen LogP contribution in [0.25, 0.3) is 0 Å². The van der Waals surface area contributed by atoms with Crippen molar-refractivity contribution < 1.29 is 19.8 Å². The van der Waals surface area contributed by atoms with E-state index in [0.717, 1.165) is 11.1 Å². The third-order valence-corrected chi connectivity index (χ3v) is 4.97. The van der Waals surface area contributed by atoms with E-state index in [9.17, 15) is 15.1 Å². The van der Waals surface area contributed by atoms with Crippen molar-refractivity contribution in [3.63, 3.8) is 0 Å². The number of rotatable bonds is 4. The number of carbonyl (C=O) groups excluding carboxylic acids is 1. The van der Waals surface area contributed by atoms with Crippen molar-refractivity contribution >= 4 is 23.1 Å². The highest BCUT2D eigenvalue weighted by Crippen LogP contribution is 2.46. The van der Waals surface area contributed by atoms with E-state index in [4.69, 9.17) is 4.74 Å². The number of carbonyl (C=O) groups is 1. The maximum Gasteiger partial charge on any atom is 0.269 e. The molecule has 0 radical (unpaired) electrons. The van der Waals surface area contributed by atoms with Gasteiger partial charge >= 0.3 is 0 Å². The fourth-order valence-corrected chi connectivity index (χ4v) is 3.68. The average molecular weight is 384 g/mol. The molecule has 1 aromatic heterocycles. The molecule has 1 unspecified atom stereocenters. The Morgan fingerprint density at radius 1 is 1.25 bits per heavy atom. The number of oxime groups is 1. The largest absolute Gasteiger partial charge is 0.497 e. The first kappa shape index (κ1) is 19.8. The van der Waals surface area contributed by atoms with Crippen molar-refractivity contribution in [3.8, 4) is 5.75 Å². The lowest BCUT2D eigenvalue weighted by atomic mass is 9.95. The molecule has 1 atom stereocenters. The number of methoxy groups -OCH3 is 1. The molecule has 0 spiro atoms. The van der Waals surface area contributed by atoms with E-state index in [1.807, 2.05) is 26.0 Å². The van der Waals surface area contributed by atoms with E-state index in [0.29, 0.717) is 29.5 Å². The molecule has 148 valence electrons. The molecule has 8 heteroatoms. The number of fused-ring (bicyclic) bond motifs is 1. The zero-order valence-corrected chi connectivity index (χ0v) is 16.9. The Balaban J connectivity index is 2.35. The number of aryl methyl sites for hydroxylation is 3. The van der Waals surface area contributed by atoms with Gasteiger partial charge in [-0.2, -0.15) is 0 Å². The molecule has 28 heavy (non-hydrogen) atoms. The molecule has 1 aromatic carbocycles. The predicted octanol–water partition coefficient (Wildman–Crippen LogP) is 2.88. The number of hydrogen-bond acceptors (Lipinski definition) is 7. The van der Waals surface area contributed by atoms with Crippen LogP contribution in [0, 0.1) is 20.8 Å². The van der Waals surface area contributed by atoms with Crippen molar-refractivity contribution in [3.05, 3.63) is 40.3 Å². The van der Waals surface area contributed by atoms with Crippen molar-refractivity contribution in [2.75, 3.05) is 12.0 Å². The number of nitrogens with zero attached hydrogens (tertiary/aromatic N) is 4. The fraction of sp³-hybridized carbons (Fsp3) is 0.400. The van der Waals surface area contributed by atoms with Crippen LogP contribution in [0.1, 0.15) is 48.5 Å². The number of anilines is 2. The Morgan fingerprint density at radius 2 is 1.86 bits per heavy atom. The molecule has 0 fully saturated rings. The maximum atomic E-state index is 13.3. The Bertz CT molecular complexity index is 975. The second-order valence-corrected chi connectivity index (χ2v) is 7.04. The molecular formula is C20H24N4O4. The number of aliphatic hydroxyl groups is 1. The van der Waals surface area contributed by atoms with Crippen LogP contribution in [-0.4, -0.2) is 39.0 Å². The summed E-state index contributed by atoms with van der Waals surface area (Å²) >= 11 is 0. The molecule has 2 heterocycles. The number of aromatic nitrogens is 2. The molecule has 2 aromatic rings. The summed E-state index contributed by atoms with van der Waals surface area (Å²) in [5.74, 6) is 0.845. The van der Waals surface area contributed by atoms with Gasteiger partial charge in [0.1, 0.15) is 23.0 Å². The maximum absolute atomic E-state index is 13.3. The summed E-state index contributed by atoms with van der Waals surface area (Å²) in [7, 11) is 1.58. The third kappa shape index (κ3) is 2.80. The van der Waals surface area contributed by atoms with Gasteiger partial charge < -0.3 is 15.1 Å². The highest BCUT2D eigenvalue weighted by atomic mass is 16.5. The third-order valence-electron chi connectivity index (χ3n) is 4.97. The summed E-state index contributed by atoms with van der Waals surface area (Å²) in [6.45, 7) is 8.64. The monoisotopic (exact) mass is 384 g/mol. The summed E-state index contributed by atoms with van der Waals surface area (Å²) in [6.07, 6.45) is 0.379. The first-order valence-electron chi connectivity index (χ1n) is 8.99. The topological polar surface area (TPSA) is 108 Å². The van der Waals surface area contributed by atoms with Crippen molar-refractivity contribution in [1.29, 1.82) is 0 Å². The molecular weight excluding hydrogens is 360 g/mol. The second kappa shape index (κ2) is 6.87. The van der Waals surface area contributed by atoms with Gasteiger partial charge in [0.2, 0.25) is 0 Å². The summed E-state index contributed by atoms with van der Waals surface area (Å²) in [4.78, 5) is 23.5. The van der Waals surface area contributed by atoms with E-state index in [1.54, 1.807) is 21.0 Å². The molecule has 2 N–H and O–H groups in total. The lowest BCUT2D eigenvalue weighted by molar-refractivity contribution is -0.133. The standard InChI is InChI=1S/C20H24N4O4/c1-7-14(23-27)16-15-18(22-12(4)21-16)24(19(25)20(15,5)26)17-10(2)8-13(28-6)9-11(17)3/h8-9,26-27H,7H2,1-6H3/b23-14+. The van der Waals surface area contributed by atoms with E-state index < -0.39 is 11.5 Å². The molecule has 3 rings (SSSR count). The predicted molar refractivity (Wildman–Crippen MR) is 105 cm³/mol. The zero-order chi connectivity index (χ0) is 20.8. The summed E-state index contributed by atoms with van der Waals surface area (Å²) < 4.78 is 5.31. The number of ether oxygens (including phenoxy) is 1. The van der Waals surface area contributed by atoms with Crippen LogP contribution in [0.3, 0.4) is 0 Å². The summed E-state index contributed by atoms with van der Waals surface area (Å²) in [5.41, 5.74) is 1.18. The number of benzene rings is 1. The molecule has 1 aliphatic heterocycles. The van der Waals surface area contributed by atoms with E-state index >= 15 is 0 Å². The SMILES string of the molecule is CC/C(=N\O)c1nc(C)nc2c1C(C)(O)C(=O)N2c1c(C)cc(OC)cc1C. The Kier molecular flexibility index (Phi) is 4.84. The van der Waals surface area contributed by atoms with Crippen molar-refractivity contribution in [2.45, 2.75) is 46.6 Å². The van der Waals surface area contributed by atoms with E-state index in [1.165, 1.54) is 11.8 Å². The highest BCUT2D eigenvalue weighted by Gasteiger charge is 2.51. The van der Waals surface area contributed by atoms with E-state index in [2.05, 4.69) is 15.1 Å². The van der Waals surface area contributed by atoms with Gasteiger partial charge in [-0.3, -0.25) is 9.69 Å². The van der Waals surface area contributed by atoms with Gasteiger partial charge in [0.15, 0.2) is 11.4 Å². The van der Waals surface area contributed by atoms with Gasteiger partial charge in [0.05, 0.1) is 18.4 Å². The molecule has 0 bridgehead atoms. The lowest BCUT2D eigenvalue weighted by Crippen LogP contribution is -2.36. The van der Waals surface area contributed by atoms with E-state index in [-0.39, 0.29) is 17.0 Å². The second-order valence-electron chi connectivity index (χ2n) is 7.04. The Morgan fingerprint density at radius 3 is 2.36 bits per heavy atom. The smallest absolute Gasteiger partial charge is 0.269 e. The minimum absolute atomic E-state index is 0.243. The minimum Gasteiger partial charge on any atom is -0.497 e. The van der Waals surface area contributed by atoms with Crippen LogP contribution in [0.15, 0.2) is 17.3 Å². The molecule has 0 saturated carbocycles. The van der Waals surface area contributed by atoms with Crippen molar-refractivity contribution in [2.24, 2.45) is 5.16 Å². The van der Waals surface area contributed by atoms with Crippen LogP contribution in [0.4, 0.5) is 11.5 Å². The quantitative estimate of drug-likeness (QED) is 0.477. The first-order valence-corrected chi connectivity index (χ1v) is 8.99. The van der Waals surface area contributed by atoms with Gasteiger partial charge in [-0.05, 0) is 57.4 Å². The van der Waals surface area contributed by atoms with Crippen molar-refractivity contribution in [1.82, 2.24) is 9.97 Å². The van der Waals surface area contributed by atoms with Crippen LogP contribution in [0.5, 0.6) is 5.75 Å². The van der Waals surface area contributed by atoms with Gasteiger partial charge in [0.25, 0.3) is 5.91 Å². The fourth-order valence-electron chi connectivity index (χ4n) is 3.68. The summed E-state index contributed by atoms with van der Waals surface area (Å²) in [5, 5.41) is 23.8. The van der Waals surface area contributed by atoms with Gasteiger partial charge in [0, 0.05) is 0 Å². The van der Waals surface area contributed by atoms with Crippen LogP contribution < -0.4 is 9.64 Å². The van der Waals surface area contributed by atoms with Crippen LogP contribution in [0.2, 0.25) is 0 Å². The average Bonchev–Trinajstić information content (AvgIpc) is 2.82. The zero-order valence-electron chi connectivity index (χ0n) is 16.9. The molecule has 1 aliphatic rings. The number of hydrogen-bond donors (Lipinski definition) is 2. The van der Waals surface area contributed by atoms with Gasteiger partial charge in [-0.1, -0.05) is 12.1 Å². The minimum atomic E-state index is -1.86. The van der Waals surface area contributed by atoms with Gasteiger partial charge in [-0.25, -0.2) is 9.97 Å². The molecule has 0 saturated heterocycles. The van der Waals surface area contributed by atoms with Gasteiger partial charge in [-0.15, -0.1) is 0 Å². The molecule has 0 aliphatic carbocycles. The highest BCUT2D eigenvalue weighted by molar-refractivity contribution is 6.15. The molecule has 8 nitrogen and oxygen atoms in total. The number of amides is 1. The van der Waals surface area contributed by atoms with Crippen LogP contribution >= 0.6 is 0 Å². The normalized spacial score (nSPS) is 19.2. The van der Waals surface area contributed by atoms with Crippen LogP contribution in [-0.2, 0) is 10.4 Å². The molecule has 1 amide bonds.